The summed E-state index contributed by atoms with van der Waals surface area (Å²) in [5, 5.41) is 0. The maximum atomic E-state index is 10.5. The zero-order chi connectivity index (χ0) is 9.19. The minimum Gasteiger partial charge on any atom is -0.192 e. The lowest BCUT2D eigenvalue weighted by Gasteiger charge is -1.96. The first-order valence-electron chi connectivity index (χ1n) is 3.14. The maximum Gasteiger partial charge on any atom is 0.324 e. The first-order chi connectivity index (χ1) is 5.54. The molecule has 0 aliphatic heterocycles. The fourth-order valence-corrected chi connectivity index (χ4v) is 1.62. The molecular weight excluding hydrogens is 196 g/mol. The molecule has 1 aromatic carbocycles. The molecule has 0 atom stereocenters. The van der Waals surface area contributed by atoms with E-state index in [1.54, 1.807) is 12.1 Å². The largest absolute Gasteiger partial charge is 0.324 e. The van der Waals surface area contributed by atoms with Crippen molar-refractivity contribution in [3.63, 3.8) is 0 Å². The quantitative estimate of drug-likeness (QED) is 0.685. The number of thioether (sulfide) groups is 1. The monoisotopic (exact) mass is 203 g/mol. The Morgan fingerprint density at radius 2 is 1.67 bits per heavy atom. The van der Waals surface area contributed by atoms with Gasteiger partial charge in [-0.2, -0.15) is 8.42 Å². The Labute approximate surface area is 75.5 Å². The lowest BCUT2D eigenvalue weighted by atomic mass is 10.4. The predicted octanol–water partition coefficient (Wildman–Crippen LogP) is 1.53. The lowest BCUT2D eigenvalue weighted by molar-refractivity contribution is 0.414. The van der Waals surface area contributed by atoms with E-state index in [1.807, 2.05) is 6.26 Å². The summed E-state index contributed by atoms with van der Waals surface area (Å²) in [4.78, 5) is 0.753. The summed E-state index contributed by atoms with van der Waals surface area (Å²) in [7, 11) is -4.29. The zero-order valence-corrected chi connectivity index (χ0v) is 7.98. The highest BCUT2D eigenvalue weighted by atomic mass is 32.2. The highest BCUT2D eigenvalue weighted by Crippen LogP contribution is 2.17. The molecule has 0 aromatic heterocycles. The molecule has 0 aliphatic carbocycles. The van der Waals surface area contributed by atoms with Gasteiger partial charge in [-0.15, -0.1) is 11.8 Å². The Morgan fingerprint density at radius 3 is 2.00 bits per heavy atom. The Morgan fingerprint density at radius 1 is 1.17 bits per heavy atom. The third kappa shape index (κ3) is 2.23. The van der Waals surface area contributed by atoms with E-state index in [9.17, 15) is 13.0 Å². The van der Waals surface area contributed by atoms with Crippen LogP contribution >= 0.6 is 11.8 Å². The molecule has 0 N–H and O–H groups in total. The SMILES string of the molecule is CSc1ccc(S([O])(=O)=O)cc1. The van der Waals surface area contributed by atoms with Crippen molar-refractivity contribution in [3.05, 3.63) is 24.3 Å². The molecular formula is C7H7O3S2. The number of hydrogen-bond donors (Lipinski definition) is 0. The van der Waals surface area contributed by atoms with Crippen LogP contribution < -0.4 is 0 Å². The van der Waals surface area contributed by atoms with Crippen molar-refractivity contribution in [1.29, 1.82) is 0 Å². The van der Waals surface area contributed by atoms with E-state index in [1.165, 1.54) is 23.9 Å². The van der Waals surface area contributed by atoms with Gasteiger partial charge in [0, 0.05) is 4.90 Å². The standard InChI is InChI=1S/C7H7O3S2/c1-11-6-2-4-7(5-3-6)12(8,9)10/h2-5H,1H3. The second-order valence-corrected chi connectivity index (χ2v) is 4.39. The fourth-order valence-electron chi connectivity index (χ4n) is 0.742. The molecule has 12 heavy (non-hydrogen) atoms. The van der Waals surface area contributed by atoms with Crippen LogP contribution in [0, 0.1) is 0 Å². The fraction of sp³-hybridized carbons (Fsp3) is 0.143. The Hall–Kier alpha value is -0.520. The minimum absolute atomic E-state index is 0.180. The van der Waals surface area contributed by atoms with Gasteiger partial charge in [0.25, 0.3) is 0 Å². The molecule has 0 amide bonds. The van der Waals surface area contributed by atoms with Crippen LogP contribution in [0.25, 0.3) is 0 Å². The molecule has 0 unspecified atom stereocenters. The Kier molecular flexibility index (Phi) is 2.76. The Balaban J connectivity index is 3.09. The normalized spacial score (nSPS) is 11.5. The van der Waals surface area contributed by atoms with Gasteiger partial charge in [0.1, 0.15) is 0 Å². The van der Waals surface area contributed by atoms with Crippen LogP contribution in [-0.4, -0.2) is 14.7 Å². The van der Waals surface area contributed by atoms with Crippen LogP contribution in [0.1, 0.15) is 0 Å². The predicted molar refractivity (Wildman–Crippen MR) is 46.1 cm³/mol. The molecule has 0 bridgehead atoms. The summed E-state index contributed by atoms with van der Waals surface area (Å²) >= 11 is 1.49. The molecule has 0 spiro atoms. The first kappa shape index (κ1) is 9.57. The van der Waals surface area contributed by atoms with Crippen molar-refractivity contribution in [3.8, 4) is 0 Å². The van der Waals surface area contributed by atoms with Crippen molar-refractivity contribution in [1.82, 2.24) is 0 Å². The number of hydrogen-bond acceptors (Lipinski definition) is 3. The summed E-state index contributed by atoms with van der Waals surface area (Å²) in [5.41, 5.74) is 0. The van der Waals surface area contributed by atoms with Crippen LogP contribution in [0.15, 0.2) is 34.1 Å². The van der Waals surface area contributed by atoms with Gasteiger partial charge in [-0.1, -0.05) is 4.55 Å². The van der Waals surface area contributed by atoms with E-state index in [0.717, 1.165) is 4.90 Å². The second kappa shape index (κ2) is 3.47. The van der Waals surface area contributed by atoms with Crippen molar-refractivity contribution < 1.29 is 13.0 Å². The molecule has 0 saturated heterocycles. The van der Waals surface area contributed by atoms with E-state index in [4.69, 9.17) is 0 Å². The summed E-state index contributed by atoms with van der Waals surface area (Å²) in [6.45, 7) is 0. The molecule has 3 nitrogen and oxygen atoms in total. The summed E-state index contributed by atoms with van der Waals surface area (Å²) in [6, 6.07) is 5.84. The molecule has 1 rings (SSSR count). The van der Waals surface area contributed by atoms with Gasteiger partial charge < -0.3 is 0 Å². The van der Waals surface area contributed by atoms with Crippen LogP contribution in [0.2, 0.25) is 0 Å². The average Bonchev–Trinajstić information content (AvgIpc) is 2.03. The van der Waals surface area contributed by atoms with E-state index in [2.05, 4.69) is 0 Å². The molecule has 65 valence electrons. The van der Waals surface area contributed by atoms with Gasteiger partial charge in [0.15, 0.2) is 0 Å². The lowest BCUT2D eigenvalue weighted by Crippen LogP contribution is -1.94. The third-order valence-corrected chi connectivity index (χ3v) is 2.94. The molecule has 5 heteroatoms. The maximum absolute atomic E-state index is 10.5. The van der Waals surface area contributed by atoms with Crippen LogP contribution in [0.5, 0.6) is 0 Å². The second-order valence-electron chi connectivity index (χ2n) is 2.13. The van der Waals surface area contributed by atoms with Crippen molar-refractivity contribution in [2.75, 3.05) is 6.26 Å². The molecule has 1 radical (unpaired) electrons. The van der Waals surface area contributed by atoms with Crippen LogP contribution in [-0.2, 0) is 14.7 Å². The molecule has 0 fully saturated rings. The van der Waals surface area contributed by atoms with Gasteiger partial charge >= 0.3 is 10.1 Å². The Bertz CT molecular complexity index is 353. The average molecular weight is 203 g/mol. The topological polar surface area (TPSA) is 54.0 Å². The first-order valence-corrected chi connectivity index (χ1v) is 5.77. The molecule has 0 aliphatic rings. The van der Waals surface area contributed by atoms with Gasteiger partial charge in [0.05, 0.1) is 4.90 Å². The van der Waals surface area contributed by atoms with E-state index in [0.29, 0.717) is 0 Å². The minimum atomic E-state index is -4.29. The highest BCUT2D eigenvalue weighted by Gasteiger charge is 2.09. The van der Waals surface area contributed by atoms with Gasteiger partial charge in [-0.25, -0.2) is 0 Å². The third-order valence-electron chi connectivity index (χ3n) is 1.35. The number of rotatable bonds is 2. The van der Waals surface area contributed by atoms with E-state index < -0.39 is 10.1 Å². The number of benzene rings is 1. The van der Waals surface area contributed by atoms with Gasteiger partial charge in [-0.05, 0) is 30.5 Å². The zero-order valence-electron chi connectivity index (χ0n) is 6.35. The van der Waals surface area contributed by atoms with Crippen LogP contribution in [0.4, 0.5) is 0 Å². The van der Waals surface area contributed by atoms with E-state index in [-0.39, 0.29) is 4.90 Å². The summed E-state index contributed by atoms with van der Waals surface area (Å²) in [6.07, 6.45) is 1.88. The van der Waals surface area contributed by atoms with Crippen molar-refractivity contribution >= 4 is 21.9 Å². The van der Waals surface area contributed by atoms with Crippen LogP contribution in [0.3, 0.4) is 0 Å². The van der Waals surface area contributed by atoms with Crippen molar-refractivity contribution in [2.45, 2.75) is 9.79 Å². The highest BCUT2D eigenvalue weighted by molar-refractivity contribution is 7.98. The molecule has 1 aromatic rings. The van der Waals surface area contributed by atoms with Gasteiger partial charge in [0.2, 0.25) is 0 Å². The molecule has 0 saturated carbocycles. The van der Waals surface area contributed by atoms with Crippen molar-refractivity contribution in [2.24, 2.45) is 0 Å². The van der Waals surface area contributed by atoms with Gasteiger partial charge in [-0.3, -0.25) is 0 Å². The summed E-state index contributed by atoms with van der Waals surface area (Å²) < 4.78 is 31.4. The van der Waals surface area contributed by atoms with E-state index >= 15 is 0 Å². The smallest absolute Gasteiger partial charge is 0.192 e. The molecule has 0 heterocycles. The summed E-state index contributed by atoms with van der Waals surface area (Å²) in [5.74, 6) is 0.